The minimum absolute atomic E-state index is 0.396. The van der Waals surface area contributed by atoms with Gasteiger partial charge in [0.25, 0.3) is 11.8 Å². The van der Waals surface area contributed by atoms with Crippen LogP contribution in [-0.2, 0) is 4.79 Å². The fraction of sp³-hybridized carbons (Fsp3) is 0.222. The number of halogens is 2. The molecule has 0 radical (unpaired) electrons. The Labute approximate surface area is 149 Å². The van der Waals surface area contributed by atoms with E-state index in [0.29, 0.717) is 24.2 Å². The van der Waals surface area contributed by atoms with E-state index in [4.69, 9.17) is 9.47 Å². The van der Waals surface area contributed by atoms with Gasteiger partial charge in [0.05, 0.1) is 12.2 Å². The third-order valence-electron chi connectivity index (χ3n) is 3.29. The highest BCUT2D eigenvalue weighted by Gasteiger charge is 2.17. The maximum atomic E-state index is 13.5. The van der Waals surface area contributed by atoms with Gasteiger partial charge in [-0.2, -0.15) is 0 Å². The molecule has 2 N–H and O–H groups in total. The van der Waals surface area contributed by atoms with Crippen molar-refractivity contribution in [3.63, 3.8) is 0 Å². The van der Waals surface area contributed by atoms with E-state index in [2.05, 4.69) is 10.9 Å². The first-order valence-electron chi connectivity index (χ1n) is 7.85. The number of benzene rings is 2. The molecule has 6 nitrogen and oxygen atoms in total. The van der Waals surface area contributed by atoms with E-state index in [9.17, 15) is 18.4 Å². The molecular formula is C18H18F2N2O4. The summed E-state index contributed by atoms with van der Waals surface area (Å²) in [6.07, 6.45) is -0.925. The molecule has 1 atom stereocenters. The minimum Gasteiger partial charge on any atom is -0.494 e. The van der Waals surface area contributed by atoms with E-state index in [1.54, 1.807) is 24.3 Å². The van der Waals surface area contributed by atoms with Gasteiger partial charge in [-0.15, -0.1) is 0 Å². The first-order valence-corrected chi connectivity index (χ1v) is 7.85. The predicted octanol–water partition coefficient (Wildman–Crippen LogP) is 2.59. The molecule has 0 aliphatic rings. The second-order valence-electron chi connectivity index (χ2n) is 5.23. The molecule has 0 saturated heterocycles. The third-order valence-corrected chi connectivity index (χ3v) is 3.29. The number of carbonyl (C=O) groups excluding carboxylic acids is 2. The van der Waals surface area contributed by atoms with Crippen LogP contribution in [0.1, 0.15) is 24.2 Å². The molecule has 2 rings (SSSR count). The van der Waals surface area contributed by atoms with Crippen LogP contribution >= 0.6 is 0 Å². The first kappa shape index (κ1) is 19.2. The van der Waals surface area contributed by atoms with Crippen molar-refractivity contribution in [1.82, 2.24) is 10.9 Å². The van der Waals surface area contributed by atoms with Crippen molar-refractivity contribution in [2.75, 3.05) is 6.61 Å². The van der Waals surface area contributed by atoms with Crippen molar-refractivity contribution in [3.8, 4) is 11.5 Å². The Bertz CT molecular complexity index is 781. The summed E-state index contributed by atoms with van der Waals surface area (Å²) in [5.74, 6) is -2.28. The quantitative estimate of drug-likeness (QED) is 0.773. The number of hydrogen-bond donors (Lipinski definition) is 2. The summed E-state index contributed by atoms with van der Waals surface area (Å²) in [6.45, 7) is 3.88. The maximum Gasteiger partial charge on any atom is 0.279 e. The van der Waals surface area contributed by atoms with E-state index in [1.807, 2.05) is 6.92 Å². The molecule has 2 aromatic carbocycles. The molecule has 138 valence electrons. The lowest BCUT2D eigenvalue weighted by atomic mass is 10.2. The normalized spacial score (nSPS) is 11.4. The molecular weight excluding hydrogens is 346 g/mol. The second-order valence-corrected chi connectivity index (χ2v) is 5.23. The lowest BCUT2D eigenvalue weighted by Crippen LogP contribution is -2.47. The number of amides is 2. The number of nitrogens with one attached hydrogen (secondary N) is 2. The number of hydrazine groups is 1. The molecule has 0 unspecified atom stereocenters. The molecule has 26 heavy (non-hydrogen) atoms. The van der Waals surface area contributed by atoms with Crippen molar-refractivity contribution in [1.29, 1.82) is 0 Å². The van der Waals surface area contributed by atoms with E-state index in [0.717, 1.165) is 12.1 Å². The topological polar surface area (TPSA) is 76.7 Å². The van der Waals surface area contributed by atoms with Crippen LogP contribution in [0.5, 0.6) is 11.5 Å². The average molecular weight is 364 g/mol. The molecule has 0 aromatic heterocycles. The van der Waals surface area contributed by atoms with Gasteiger partial charge in [0.1, 0.15) is 23.1 Å². The summed E-state index contributed by atoms with van der Waals surface area (Å²) in [4.78, 5) is 23.8. The summed E-state index contributed by atoms with van der Waals surface area (Å²) < 4.78 is 37.1. The van der Waals surface area contributed by atoms with Crippen LogP contribution in [0, 0.1) is 11.6 Å². The number of carbonyl (C=O) groups is 2. The monoisotopic (exact) mass is 364 g/mol. The minimum atomic E-state index is -1.03. The third kappa shape index (κ3) is 5.17. The average Bonchev–Trinajstić information content (AvgIpc) is 2.61. The van der Waals surface area contributed by atoms with E-state index >= 15 is 0 Å². The van der Waals surface area contributed by atoms with Crippen molar-refractivity contribution >= 4 is 11.8 Å². The zero-order valence-electron chi connectivity index (χ0n) is 14.2. The fourth-order valence-electron chi connectivity index (χ4n) is 2.00. The van der Waals surface area contributed by atoms with Crippen molar-refractivity contribution in [3.05, 3.63) is 59.7 Å². The van der Waals surface area contributed by atoms with Crippen LogP contribution in [0.4, 0.5) is 8.78 Å². The number of ether oxygens (including phenoxy) is 2. The van der Waals surface area contributed by atoms with Gasteiger partial charge < -0.3 is 9.47 Å². The summed E-state index contributed by atoms with van der Waals surface area (Å²) in [5.41, 5.74) is 3.78. The molecule has 0 saturated carbocycles. The summed E-state index contributed by atoms with van der Waals surface area (Å²) in [6, 6.07) is 9.17. The summed E-state index contributed by atoms with van der Waals surface area (Å²) in [5, 5.41) is 0. The van der Waals surface area contributed by atoms with Crippen molar-refractivity contribution in [2.24, 2.45) is 0 Å². The molecule has 2 aromatic rings. The zero-order valence-corrected chi connectivity index (χ0v) is 14.2. The molecule has 2 amide bonds. The SMILES string of the molecule is CCOc1ccc(O[C@@H](C)C(=O)NNC(=O)c2ccc(F)cc2F)cc1. The van der Waals surface area contributed by atoms with Gasteiger partial charge in [0, 0.05) is 6.07 Å². The Kier molecular flexibility index (Phi) is 6.48. The Morgan fingerprint density at radius 3 is 2.31 bits per heavy atom. The number of rotatable bonds is 6. The highest BCUT2D eigenvalue weighted by atomic mass is 19.1. The Morgan fingerprint density at radius 1 is 1.04 bits per heavy atom. The van der Waals surface area contributed by atoms with Crippen LogP contribution in [0.25, 0.3) is 0 Å². The summed E-state index contributed by atoms with van der Waals surface area (Å²) in [7, 11) is 0. The molecule has 0 fully saturated rings. The van der Waals surface area contributed by atoms with Gasteiger partial charge in [-0.1, -0.05) is 0 Å². The van der Waals surface area contributed by atoms with E-state index in [1.165, 1.54) is 6.92 Å². The first-order chi connectivity index (χ1) is 12.4. The Morgan fingerprint density at radius 2 is 1.69 bits per heavy atom. The molecule has 0 spiro atoms. The Hall–Kier alpha value is -3.16. The molecule has 0 aliphatic heterocycles. The Balaban J connectivity index is 1.87. The maximum absolute atomic E-state index is 13.5. The van der Waals surface area contributed by atoms with Crippen LogP contribution in [0.3, 0.4) is 0 Å². The fourth-order valence-corrected chi connectivity index (χ4v) is 2.00. The highest BCUT2D eigenvalue weighted by Crippen LogP contribution is 2.18. The predicted molar refractivity (Wildman–Crippen MR) is 89.7 cm³/mol. The van der Waals surface area contributed by atoms with Crippen molar-refractivity contribution in [2.45, 2.75) is 20.0 Å². The van der Waals surface area contributed by atoms with E-state index < -0.39 is 35.1 Å². The second kappa shape index (κ2) is 8.80. The van der Waals surface area contributed by atoms with Crippen LogP contribution in [-0.4, -0.2) is 24.5 Å². The van der Waals surface area contributed by atoms with Gasteiger partial charge in [-0.3, -0.25) is 20.4 Å². The zero-order chi connectivity index (χ0) is 19.1. The van der Waals surface area contributed by atoms with Gasteiger partial charge in [-0.05, 0) is 50.2 Å². The summed E-state index contributed by atoms with van der Waals surface area (Å²) >= 11 is 0. The van der Waals surface area contributed by atoms with Gasteiger partial charge in [0.15, 0.2) is 6.10 Å². The van der Waals surface area contributed by atoms with Gasteiger partial charge >= 0.3 is 0 Å². The van der Waals surface area contributed by atoms with E-state index in [-0.39, 0.29) is 0 Å². The smallest absolute Gasteiger partial charge is 0.279 e. The largest absolute Gasteiger partial charge is 0.494 e. The lowest BCUT2D eigenvalue weighted by Gasteiger charge is -2.15. The van der Waals surface area contributed by atoms with Gasteiger partial charge in [-0.25, -0.2) is 8.78 Å². The van der Waals surface area contributed by atoms with Crippen LogP contribution < -0.4 is 20.3 Å². The molecule has 0 heterocycles. The number of hydrogen-bond acceptors (Lipinski definition) is 4. The van der Waals surface area contributed by atoms with Crippen LogP contribution in [0.15, 0.2) is 42.5 Å². The van der Waals surface area contributed by atoms with Crippen molar-refractivity contribution < 1.29 is 27.8 Å². The standard InChI is InChI=1S/C18H18F2N2O4/c1-3-25-13-5-7-14(8-6-13)26-11(2)17(23)21-22-18(24)15-9-4-12(19)10-16(15)20/h4-11H,3H2,1-2H3,(H,21,23)(H,22,24)/t11-/m0/s1. The lowest BCUT2D eigenvalue weighted by molar-refractivity contribution is -0.128. The molecule has 8 heteroatoms. The molecule has 0 bridgehead atoms. The van der Waals surface area contributed by atoms with Gasteiger partial charge in [0.2, 0.25) is 0 Å². The molecule has 0 aliphatic carbocycles. The highest BCUT2D eigenvalue weighted by molar-refractivity contribution is 5.96. The van der Waals surface area contributed by atoms with Crippen LogP contribution in [0.2, 0.25) is 0 Å².